The van der Waals surface area contributed by atoms with Crippen LogP contribution >= 0.6 is 11.3 Å². The van der Waals surface area contributed by atoms with Crippen molar-refractivity contribution >= 4 is 17.0 Å². The fourth-order valence-electron chi connectivity index (χ4n) is 2.08. The van der Waals surface area contributed by atoms with Crippen LogP contribution in [-0.4, -0.2) is 34.3 Å². The number of rotatable bonds is 8. The maximum atomic E-state index is 8.80. The Morgan fingerprint density at radius 2 is 2.24 bits per heavy atom. The third-order valence-electron chi connectivity index (χ3n) is 3.42. The summed E-state index contributed by atoms with van der Waals surface area (Å²) in [6, 6.07) is 4.07. The van der Waals surface area contributed by atoms with Crippen molar-refractivity contribution in [3.05, 3.63) is 34.3 Å². The predicted octanol–water partition coefficient (Wildman–Crippen LogP) is 2.77. The zero-order chi connectivity index (χ0) is 15.1. The Labute approximate surface area is 129 Å². The number of nitrogens with one attached hydrogen (secondary N) is 1. The molecule has 0 saturated heterocycles. The van der Waals surface area contributed by atoms with E-state index >= 15 is 0 Å². The molecule has 112 valence electrons. The predicted molar refractivity (Wildman–Crippen MR) is 86.4 cm³/mol. The summed E-state index contributed by atoms with van der Waals surface area (Å²) in [5.74, 6) is 0. The van der Waals surface area contributed by atoms with Crippen LogP contribution in [0.1, 0.15) is 24.3 Å². The van der Waals surface area contributed by atoms with Crippen molar-refractivity contribution in [3.63, 3.8) is 0 Å². The fraction of sp³-hybridized carbons (Fsp3) is 0.467. The molecule has 0 aliphatic carbocycles. The Morgan fingerprint density at radius 3 is 2.90 bits per heavy atom. The van der Waals surface area contributed by atoms with E-state index in [9.17, 15) is 0 Å². The van der Waals surface area contributed by atoms with Crippen LogP contribution in [0.25, 0.3) is 0 Å². The van der Waals surface area contributed by atoms with Gasteiger partial charge >= 0.3 is 0 Å². The van der Waals surface area contributed by atoms with Crippen LogP contribution in [0.2, 0.25) is 0 Å². The zero-order valence-corrected chi connectivity index (χ0v) is 13.4. The van der Waals surface area contributed by atoms with E-state index in [0.717, 1.165) is 48.9 Å². The lowest BCUT2D eigenvalue weighted by atomic mass is 10.3. The number of hydrogen-bond donors (Lipinski definition) is 1. The summed E-state index contributed by atoms with van der Waals surface area (Å²) in [7, 11) is 0. The molecule has 0 atom stereocenters. The van der Waals surface area contributed by atoms with Crippen molar-refractivity contribution in [1.29, 1.82) is 5.26 Å². The summed E-state index contributed by atoms with van der Waals surface area (Å²) in [5.41, 5.74) is 1.74. The Balaban J connectivity index is 1.81. The number of anilines is 1. The van der Waals surface area contributed by atoms with Gasteiger partial charge in [0.15, 0.2) is 0 Å². The third kappa shape index (κ3) is 4.59. The topological polar surface area (TPSA) is 56.9 Å². The highest BCUT2D eigenvalue weighted by Crippen LogP contribution is 2.16. The van der Waals surface area contributed by atoms with E-state index in [0.29, 0.717) is 0 Å². The lowest BCUT2D eigenvalue weighted by molar-refractivity contribution is 0.285. The molecule has 0 saturated carbocycles. The van der Waals surface area contributed by atoms with Gasteiger partial charge in [0.1, 0.15) is 6.07 Å². The minimum Gasteiger partial charge on any atom is -0.378 e. The van der Waals surface area contributed by atoms with Crippen LogP contribution < -0.4 is 5.32 Å². The minimum atomic E-state index is 0.728. The maximum absolute atomic E-state index is 8.80. The number of likely N-dealkylation sites (N-methyl/N-ethyl adjacent to an activating group) is 1. The molecule has 0 bridgehead atoms. The molecule has 0 aliphatic heterocycles. The summed E-state index contributed by atoms with van der Waals surface area (Å²) >= 11 is 1.60. The lowest BCUT2D eigenvalue weighted by Crippen LogP contribution is -2.27. The van der Waals surface area contributed by atoms with E-state index in [-0.39, 0.29) is 0 Å². The minimum absolute atomic E-state index is 0.728. The van der Waals surface area contributed by atoms with E-state index in [4.69, 9.17) is 5.26 Å². The van der Waals surface area contributed by atoms with Crippen molar-refractivity contribution in [2.45, 2.75) is 26.9 Å². The van der Waals surface area contributed by atoms with Gasteiger partial charge in [0.05, 0.1) is 24.0 Å². The molecule has 0 amide bonds. The van der Waals surface area contributed by atoms with E-state index in [2.05, 4.69) is 35.2 Å². The first-order valence-electron chi connectivity index (χ1n) is 7.21. The molecule has 0 unspecified atom stereocenters. The second kappa shape index (κ2) is 7.81. The number of nitriles is 1. The van der Waals surface area contributed by atoms with E-state index < -0.39 is 0 Å². The highest BCUT2D eigenvalue weighted by Gasteiger charge is 2.03. The average Bonchev–Trinajstić information content (AvgIpc) is 3.15. The molecule has 0 aliphatic rings. The summed E-state index contributed by atoms with van der Waals surface area (Å²) in [5, 5.41) is 18.4. The average molecular weight is 303 g/mol. The molecule has 0 spiro atoms. The standard InChI is InChI=1S/C15H21N5S/c1-3-19(4-2)5-6-20-11-14(9-18-20)17-10-15-7-13(8-16)12-21-15/h7,9,11-12,17H,3-6,10H2,1-2H3. The molecule has 1 N–H and O–H groups in total. The van der Waals surface area contributed by atoms with Gasteiger partial charge in [-0.25, -0.2) is 0 Å². The van der Waals surface area contributed by atoms with Gasteiger partial charge in [-0.05, 0) is 19.2 Å². The first kappa shape index (κ1) is 15.5. The van der Waals surface area contributed by atoms with Gasteiger partial charge < -0.3 is 10.2 Å². The van der Waals surface area contributed by atoms with Crippen molar-refractivity contribution in [2.24, 2.45) is 0 Å². The van der Waals surface area contributed by atoms with E-state index in [1.807, 2.05) is 28.5 Å². The van der Waals surface area contributed by atoms with E-state index in [1.54, 1.807) is 11.3 Å². The van der Waals surface area contributed by atoms with Crippen LogP contribution in [0, 0.1) is 11.3 Å². The highest BCUT2D eigenvalue weighted by molar-refractivity contribution is 7.10. The Hall–Kier alpha value is -1.84. The first-order valence-corrected chi connectivity index (χ1v) is 8.09. The second-order valence-electron chi connectivity index (χ2n) is 4.79. The van der Waals surface area contributed by atoms with Crippen LogP contribution in [-0.2, 0) is 13.1 Å². The van der Waals surface area contributed by atoms with Crippen molar-refractivity contribution in [3.8, 4) is 6.07 Å². The number of thiophene rings is 1. The molecule has 2 rings (SSSR count). The molecule has 2 aromatic heterocycles. The SMILES string of the molecule is CCN(CC)CCn1cc(NCc2cc(C#N)cs2)cn1. The smallest absolute Gasteiger partial charge is 0.100 e. The van der Waals surface area contributed by atoms with Gasteiger partial charge in [0.2, 0.25) is 0 Å². The molecule has 21 heavy (non-hydrogen) atoms. The van der Waals surface area contributed by atoms with Crippen LogP contribution in [0.4, 0.5) is 5.69 Å². The van der Waals surface area contributed by atoms with Gasteiger partial charge in [-0.3, -0.25) is 4.68 Å². The maximum Gasteiger partial charge on any atom is 0.100 e. The number of hydrogen-bond acceptors (Lipinski definition) is 5. The molecule has 0 radical (unpaired) electrons. The second-order valence-corrected chi connectivity index (χ2v) is 5.78. The summed E-state index contributed by atoms with van der Waals surface area (Å²) in [6.45, 7) is 9.15. The quantitative estimate of drug-likeness (QED) is 0.814. The molecule has 0 fully saturated rings. The molecule has 5 nitrogen and oxygen atoms in total. The van der Waals surface area contributed by atoms with E-state index in [1.165, 1.54) is 0 Å². The summed E-state index contributed by atoms with van der Waals surface area (Å²) < 4.78 is 1.97. The molecule has 2 heterocycles. The monoisotopic (exact) mass is 303 g/mol. The molecule has 6 heteroatoms. The molecule has 2 aromatic rings. The van der Waals surface area contributed by atoms with Crippen molar-refractivity contribution in [2.75, 3.05) is 25.0 Å². The lowest BCUT2D eigenvalue weighted by Gasteiger charge is -2.17. The molecular weight excluding hydrogens is 282 g/mol. The third-order valence-corrected chi connectivity index (χ3v) is 4.36. The Kier molecular flexibility index (Phi) is 5.78. The highest BCUT2D eigenvalue weighted by atomic mass is 32.1. The van der Waals surface area contributed by atoms with Gasteiger partial charge in [0, 0.05) is 29.5 Å². The van der Waals surface area contributed by atoms with Gasteiger partial charge in [-0.15, -0.1) is 11.3 Å². The zero-order valence-electron chi connectivity index (χ0n) is 12.5. The van der Waals surface area contributed by atoms with Crippen molar-refractivity contribution in [1.82, 2.24) is 14.7 Å². The molecular formula is C15H21N5S. The van der Waals surface area contributed by atoms with Gasteiger partial charge in [0.25, 0.3) is 0 Å². The number of nitrogens with zero attached hydrogens (tertiary/aromatic N) is 4. The molecule has 0 aromatic carbocycles. The first-order chi connectivity index (χ1) is 10.2. The van der Waals surface area contributed by atoms with Crippen molar-refractivity contribution < 1.29 is 0 Å². The van der Waals surface area contributed by atoms with Gasteiger partial charge in [-0.1, -0.05) is 13.8 Å². The van der Waals surface area contributed by atoms with Crippen LogP contribution in [0.3, 0.4) is 0 Å². The van der Waals surface area contributed by atoms with Crippen LogP contribution in [0.15, 0.2) is 23.8 Å². The fourth-order valence-corrected chi connectivity index (χ4v) is 2.83. The Morgan fingerprint density at radius 1 is 1.43 bits per heavy atom. The number of aromatic nitrogens is 2. The Bertz CT molecular complexity index is 591. The van der Waals surface area contributed by atoms with Crippen LogP contribution in [0.5, 0.6) is 0 Å². The summed E-state index contributed by atoms with van der Waals surface area (Å²) in [6.07, 6.45) is 3.88. The van der Waals surface area contributed by atoms with Gasteiger partial charge in [-0.2, -0.15) is 10.4 Å². The normalized spacial score (nSPS) is 10.8. The largest absolute Gasteiger partial charge is 0.378 e. The summed E-state index contributed by atoms with van der Waals surface area (Å²) in [4.78, 5) is 3.53.